The molecule has 1 aliphatic rings. The van der Waals surface area contributed by atoms with Crippen molar-refractivity contribution in [3.05, 3.63) is 66.0 Å². The van der Waals surface area contributed by atoms with Gasteiger partial charge in [0.15, 0.2) is 0 Å². The van der Waals surface area contributed by atoms with Crippen LogP contribution in [0.2, 0.25) is 0 Å². The summed E-state index contributed by atoms with van der Waals surface area (Å²) in [7, 11) is -2.12. The van der Waals surface area contributed by atoms with Gasteiger partial charge >= 0.3 is 0 Å². The molecule has 0 saturated heterocycles. The van der Waals surface area contributed by atoms with E-state index in [9.17, 15) is 27.5 Å². The molecule has 2 amide bonds. The van der Waals surface area contributed by atoms with Crippen molar-refractivity contribution in [3.63, 3.8) is 0 Å². The van der Waals surface area contributed by atoms with Crippen LogP contribution in [0.4, 0.5) is 4.39 Å². The second-order valence-electron chi connectivity index (χ2n) is 12.6. The van der Waals surface area contributed by atoms with Crippen molar-refractivity contribution in [3.8, 4) is 0 Å². The maximum atomic E-state index is 13.6. The van der Waals surface area contributed by atoms with Gasteiger partial charge < -0.3 is 20.5 Å². The van der Waals surface area contributed by atoms with Gasteiger partial charge in [0.05, 0.1) is 24.5 Å². The van der Waals surface area contributed by atoms with Crippen LogP contribution in [0.1, 0.15) is 52.0 Å². The quantitative estimate of drug-likeness (QED) is 0.229. The number of nitrogens with one attached hydrogen (secondary N) is 3. The molecule has 6 unspecified atom stereocenters. The van der Waals surface area contributed by atoms with E-state index < -0.39 is 45.5 Å². The number of benzene rings is 2. The Morgan fingerprint density at radius 2 is 1.75 bits per heavy atom. The lowest BCUT2D eigenvalue weighted by Gasteiger charge is -2.38. The standard InChI is InChI=1S/C32H46FN3O6S2/c1-32(2,3)35-30(38)26-16-13-24(42-4)18-22(26)19-29(37)27(17-21-9-7-6-8-10-21)34-31(39)28(36-44(5,40)41)20-43-25-14-11-23(33)12-15-25/h6-12,14-15,22,24,26-29,36-37H,13,16-20H2,1-5H3,(H,34,39)(H,35,38). The lowest BCUT2D eigenvalue weighted by atomic mass is 9.73. The average Bonchev–Trinajstić information content (AvgIpc) is 2.94. The minimum absolute atomic E-state index is 0.0418. The second kappa shape index (κ2) is 16.2. The number of aliphatic hydroxyl groups excluding tert-OH is 1. The first kappa shape index (κ1) is 36.0. The first-order chi connectivity index (χ1) is 20.6. The fraction of sp³-hybridized carbons (Fsp3) is 0.562. The van der Waals surface area contributed by atoms with Crippen LogP contribution in [0, 0.1) is 17.7 Å². The van der Waals surface area contributed by atoms with Gasteiger partial charge in [0, 0.05) is 29.2 Å². The van der Waals surface area contributed by atoms with Gasteiger partial charge in [0.2, 0.25) is 21.8 Å². The van der Waals surface area contributed by atoms with Crippen LogP contribution in [-0.4, -0.2) is 74.3 Å². The summed E-state index contributed by atoms with van der Waals surface area (Å²) >= 11 is 1.21. The number of rotatable bonds is 14. The zero-order valence-electron chi connectivity index (χ0n) is 26.1. The van der Waals surface area contributed by atoms with E-state index in [1.54, 1.807) is 19.2 Å². The lowest BCUT2D eigenvalue weighted by Crippen LogP contribution is -2.54. The minimum Gasteiger partial charge on any atom is -0.391 e. The van der Waals surface area contributed by atoms with Gasteiger partial charge in [0.25, 0.3) is 0 Å². The van der Waals surface area contributed by atoms with Crippen molar-refractivity contribution >= 4 is 33.6 Å². The Labute approximate surface area is 265 Å². The molecular formula is C32H46FN3O6S2. The molecule has 9 nitrogen and oxygen atoms in total. The van der Waals surface area contributed by atoms with Crippen molar-refractivity contribution in [2.75, 3.05) is 19.1 Å². The highest BCUT2D eigenvalue weighted by atomic mass is 32.2. The number of amides is 2. The van der Waals surface area contributed by atoms with E-state index >= 15 is 0 Å². The van der Waals surface area contributed by atoms with E-state index in [1.807, 2.05) is 51.1 Å². The van der Waals surface area contributed by atoms with Crippen LogP contribution in [0.25, 0.3) is 0 Å². The molecule has 2 aromatic rings. The molecule has 0 bridgehead atoms. The number of thioether (sulfide) groups is 1. The highest BCUT2D eigenvalue weighted by Gasteiger charge is 2.39. The van der Waals surface area contributed by atoms with Crippen LogP contribution in [0.5, 0.6) is 0 Å². The maximum absolute atomic E-state index is 13.6. The monoisotopic (exact) mass is 651 g/mol. The largest absolute Gasteiger partial charge is 0.391 e. The zero-order chi connectivity index (χ0) is 32.5. The lowest BCUT2D eigenvalue weighted by molar-refractivity contribution is -0.132. The molecule has 0 spiro atoms. The van der Waals surface area contributed by atoms with E-state index in [2.05, 4.69) is 15.4 Å². The molecule has 12 heteroatoms. The smallest absolute Gasteiger partial charge is 0.239 e. The molecule has 1 saturated carbocycles. The van der Waals surface area contributed by atoms with Gasteiger partial charge in [-0.3, -0.25) is 9.59 Å². The highest BCUT2D eigenvalue weighted by molar-refractivity contribution is 7.99. The van der Waals surface area contributed by atoms with E-state index in [1.165, 1.54) is 23.9 Å². The van der Waals surface area contributed by atoms with E-state index in [0.717, 1.165) is 18.2 Å². The Kier molecular flexibility index (Phi) is 13.2. The SMILES string of the molecule is COC1CCC(C(=O)NC(C)(C)C)C(CC(O)C(Cc2ccccc2)NC(=O)C(CSc2ccc(F)cc2)NS(C)(=O)=O)C1. The number of hydrogen-bond donors (Lipinski definition) is 4. The molecule has 6 atom stereocenters. The Balaban J connectivity index is 1.82. The molecule has 1 fully saturated rings. The number of aliphatic hydroxyl groups is 1. The van der Waals surface area contributed by atoms with Gasteiger partial charge in [-0.25, -0.2) is 17.5 Å². The fourth-order valence-electron chi connectivity index (χ4n) is 5.54. The number of carbonyl (C=O) groups excluding carboxylic acids is 2. The Morgan fingerprint density at radius 3 is 2.34 bits per heavy atom. The van der Waals surface area contributed by atoms with Gasteiger partial charge in [-0.05, 0) is 88.6 Å². The normalized spacial score (nSPS) is 21.2. The number of hydrogen-bond acceptors (Lipinski definition) is 7. The van der Waals surface area contributed by atoms with Crippen molar-refractivity contribution in [1.82, 2.24) is 15.4 Å². The summed E-state index contributed by atoms with van der Waals surface area (Å²) in [6, 6.07) is 13.2. The fourth-order valence-corrected chi connectivity index (χ4v) is 7.28. The third-order valence-electron chi connectivity index (χ3n) is 7.64. The predicted octanol–water partition coefficient (Wildman–Crippen LogP) is 3.66. The third kappa shape index (κ3) is 12.1. The van der Waals surface area contributed by atoms with Crippen molar-refractivity contribution in [2.24, 2.45) is 11.8 Å². The van der Waals surface area contributed by atoms with Crippen molar-refractivity contribution in [1.29, 1.82) is 0 Å². The van der Waals surface area contributed by atoms with Gasteiger partial charge in [0.1, 0.15) is 11.9 Å². The summed E-state index contributed by atoms with van der Waals surface area (Å²) in [4.78, 5) is 27.6. The van der Waals surface area contributed by atoms with E-state index in [0.29, 0.717) is 24.2 Å². The summed E-state index contributed by atoms with van der Waals surface area (Å²) in [5.41, 5.74) is 0.473. The minimum atomic E-state index is -3.76. The number of carbonyl (C=O) groups is 2. The summed E-state index contributed by atoms with van der Waals surface area (Å²) in [6.45, 7) is 5.78. The van der Waals surface area contributed by atoms with Crippen LogP contribution in [0.3, 0.4) is 0 Å². The molecule has 0 heterocycles. The molecule has 4 N–H and O–H groups in total. The molecule has 0 aromatic heterocycles. The molecule has 0 aliphatic heterocycles. The number of halogens is 1. The summed E-state index contributed by atoms with van der Waals surface area (Å²) in [5, 5.41) is 17.6. The molecule has 1 aliphatic carbocycles. The van der Waals surface area contributed by atoms with Crippen molar-refractivity contribution < 1.29 is 32.2 Å². The first-order valence-electron chi connectivity index (χ1n) is 14.9. The highest BCUT2D eigenvalue weighted by Crippen LogP contribution is 2.36. The molecule has 2 aromatic carbocycles. The Bertz CT molecular complexity index is 1320. The van der Waals surface area contributed by atoms with Crippen LogP contribution >= 0.6 is 11.8 Å². The Morgan fingerprint density at radius 1 is 1.09 bits per heavy atom. The summed E-state index contributed by atoms with van der Waals surface area (Å²) in [5.74, 6) is -1.53. The topological polar surface area (TPSA) is 134 Å². The molecule has 44 heavy (non-hydrogen) atoms. The number of ether oxygens (including phenoxy) is 1. The summed E-state index contributed by atoms with van der Waals surface area (Å²) in [6.07, 6.45) is 2.39. The molecule has 0 radical (unpaired) electrons. The van der Waals surface area contributed by atoms with Crippen LogP contribution in [0.15, 0.2) is 59.5 Å². The Hall–Kier alpha value is -2.51. The number of sulfonamides is 1. The predicted molar refractivity (Wildman–Crippen MR) is 171 cm³/mol. The molecule has 3 rings (SSSR count). The second-order valence-corrected chi connectivity index (χ2v) is 15.5. The summed E-state index contributed by atoms with van der Waals surface area (Å²) < 4.78 is 45.8. The van der Waals surface area contributed by atoms with Gasteiger partial charge in [-0.1, -0.05) is 30.3 Å². The van der Waals surface area contributed by atoms with Gasteiger partial charge in [-0.2, -0.15) is 0 Å². The third-order valence-corrected chi connectivity index (χ3v) is 9.46. The molecular weight excluding hydrogens is 605 g/mol. The van der Waals surface area contributed by atoms with E-state index in [4.69, 9.17) is 4.74 Å². The zero-order valence-corrected chi connectivity index (χ0v) is 27.7. The van der Waals surface area contributed by atoms with Gasteiger partial charge in [-0.15, -0.1) is 11.8 Å². The van der Waals surface area contributed by atoms with E-state index in [-0.39, 0.29) is 36.0 Å². The number of methoxy groups -OCH3 is 1. The van der Waals surface area contributed by atoms with Crippen LogP contribution < -0.4 is 15.4 Å². The van der Waals surface area contributed by atoms with Crippen molar-refractivity contribution in [2.45, 2.75) is 87.6 Å². The molecule has 244 valence electrons. The maximum Gasteiger partial charge on any atom is 0.239 e. The average molecular weight is 652 g/mol. The van der Waals surface area contributed by atoms with Crippen LogP contribution in [-0.2, 0) is 30.8 Å². The first-order valence-corrected chi connectivity index (χ1v) is 17.7.